The van der Waals surface area contributed by atoms with E-state index in [4.69, 9.17) is 9.84 Å². The molecule has 1 atom stereocenters. The minimum absolute atomic E-state index is 0.157. The van der Waals surface area contributed by atoms with Gasteiger partial charge in [-0.2, -0.15) is 0 Å². The molecule has 100 valence electrons. The third-order valence-corrected chi connectivity index (χ3v) is 2.66. The standard InChI is InChI=1S/C13H18FNO3/c1-9-7-10(14)3-4-12(9)13(17)15-11(8-16)5-6-18-2/h3-4,7,11,16H,5-6,8H2,1-2H3,(H,15,17)/t11-/m0/s1. The molecule has 0 saturated carbocycles. The van der Waals surface area contributed by atoms with Crippen molar-refractivity contribution in [2.24, 2.45) is 0 Å². The molecular formula is C13H18FNO3. The zero-order valence-electron chi connectivity index (χ0n) is 10.6. The monoisotopic (exact) mass is 255 g/mol. The Labute approximate surface area is 106 Å². The van der Waals surface area contributed by atoms with Gasteiger partial charge in [-0.1, -0.05) is 0 Å². The van der Waals surface area contributed by atoms with Gasteiger partial charge in [0.1, 0.15) is 5.82 Å². The minimum atomic E-state index is -0.373. The molecule has 18 heavy (non-hydrogen) atoms. The highest BCUT2D eigenvalue weighted by atomic mass is 19.1. The summed E-state index contributed by atoms with van der Waals surface area (Å²) in [5.74, 6) is -0.690. The molecule has 1 aromatic rings. The van der Waals surface area contributed by atoms with E-state index in [-0.39, 0.29) is 24.4 Å². The molecule has 0 fully saturated rings. The zero-order valence-corrected chi connectivity index (χ0v) is 10.6. The number of aryl methyl sites for hydroxylation is 1. The Morgan fingerprint density at radius 2 is 2.28 bits per heavy atom. The second-order valence-electron chi connectivity index (χ2n) is 4.09. The number of carbonyl (C=O) groups is 1. The Morgan fingerprint density at radius 3 is 2.83 bits per heavy atom. The molecule has 0 saturated heterocycles. The number of amides is 1. The third-order valence-electron chi connectivity index (χ3n) is 2.66. The van der Waals surface area contributed by atoms with E-state index in [1.165, 1.54) is 18.2 Å². The van der Waals surface area contributed by atoms with Crippen LogP contribution >= 0.6 is 0 Å². The van der Waals surface area contributed by atoms with Crippen molar-refractivity contribution in [2.45, 2.75) is 19.4 Å². The van der Waals surface area contributed by atoms with Crippen LogP contribution in [0.15, 0.2) is 18.2 Å². The summed E-state index contributed by atoms with van der Waals surface area (Å²) in [6.45, 7) is 1.96. The SMILES string of the molecule is COCC[C@@H](CO)NC(=O)c1ccc(F)cc1C. The van der Waals surface area contributed by atoms with Crippen molar-refractivity contribution in [1.82, 2.24) is 5.32 Å². The second-order valence-corrected chi connectivity index (χ2v) is 4.09. The van der Waals surface area contributed by atoms with Crippen LogP contribution in [0.5, 0.6) is 0 Å². The molecule has 1 amide bonds. The van der Waals surface area contributed by atoms with E-state index in [9.17, 15) is 9.18 Å². The minimum Gasteiger partial charge on any atom is -0.394 e. The van der Waals surface area contributed by atoms with Crippen LogP contribution in [0.4, 0.5) is 4.39 Å². The van der Waals surface area contributed by atoms with E-state index in [2.05, 4.69) is 5.32 Å². The molecule has 2 N–H and O–H groups in total. The predicted molar refractivity (Wildman–Crippen MR) is 66.0 cm³/mol. The molecule has 5 heteroatoms. The van der Waals surface area contributed by atoms with Gasteiger partial charge in [0.15, 0.2) is 0 Å². The van der Waals surface area contributed by atoms with Crippen LogP contribution in [0, 0.1) is 12.7 Å². The topological polar surface area (TPSA) is 58.6 Å². The summed E-state index contributed by atoms with van der Waals surface area (Å²) in [4.78, 5) is 11.9. The number of benzene rings is 1. The lowest BCUT2D eigenvalue weighted by Gasteiger charge is -2.16. The average Bonchev–Trinajstić information content (AvgIpc) is 2.34. The number of aliphatic hydroxyl groups is 1. The highest BCUT2D eigenvalue weighted by molar-refractivity contribution is 5.95. The predicted octanol–water partition coefficient (Wildman–Crippen LogP) is 1.26. The van der Waals surface area contributed by atoms with Crippen LogP contribution in [-0.2, 0) is 4.74 Å². The quantitative estimate of drug-likeness (QED) is 0.804. The summed E-state index contributed by atoms with van der Waals surface area (Å²) < 4.78 is 17.8. The van der Waals surface area contributed by atoms with E-state index >= 15 is 0 Å². The Morgan fingerprint density at radius 1 is 1.56 bits per heavy atom. The van der Waals surface area contributed by atoms with Crippen LogP contribution < -0.4 is 5.32 Å². The van der Waals surface area contributed by atoms with Crippen molar-refractivity contribution in [1.29, 1.82) is 0 Å². The molecule has 0 spiro atoms. The van der Waals surface area contributed by atoms with Crippen molar-refractivity contribution >= 4 is 5.91 Å². The lowest BCUT2D eigenvalue weighted by atomic mass is 10.1. The van der Waals surface area contributed by atoms with E-state index in [1.807, 2.05) is 0 Å². The van der Waals surface area contributed by atoms with Crippen LogP contribution in [0.25, 0.3) is 0 Å². The molecule has 0 heterocycles. The molecule has 1 aromatic carbocycles. The van der Waals surface area contributed by atoms with Crippen LogP contribution in [0.3, 0.4) is 0 Å². The van der Waals surface area contributed by atoms with Crippen LogP contribution in [0.2, 0.25) is 0 Å². The lowest BCUT2D eigenvalue weighted by Crippen LogP contribution is -2.38. The summed E-state index contributed by atoms with van der Waals surface area (Å²) in [7, 11) is 1.56. The number of nitrogens with one attached hydrogen (secondary N) is 1. The molecule has 0 aliphatic rings. The number of halogens is 1. The van der Waals surface area contributed by atoms with E-state index in [0.717, 1.165) is 0 Å². The Balaban J connectivity index is 2.68. The second kappa shape index (κ2) is 7.08. The highest BCUT2D eigenvalue weighted by Crippen LogP contribution is 2.10. The number of hydrogen-bond acceptors (Lipinski definition) is 3. The van der Waals surface area contributed by atoms with Crippen molar-refractivity contribution in [3.63, 3.8) is 0 Å². The van der Waals surface area contributed by atoms with Gasteiger partial charge in [0, 0.05) is 19.3 Å². The third kappa shape index (κ3) is 4.09. The van der Waals surface area contributed by atoms with Crippen molar-refractivity contribution in [2.75, 3.05) is 20.3 Å². The maximum Gasteiger partial charge on any atom is 0.251 e. The van der Waals surface area contributed by atoms with Gasteiger partial charge in [-0.05, 0) is 37.1 Å². The first-order chi connectivity index (χ1) is 8.58. The number of aliphatic hydroxyl groups excluding tert-OH is 1. The normalized spacial score (nSPS) is 12.2. The Bertz CT molecular complexity index is 409. The van der Waals surface area contributed by atoms with Crippen LogP contribution in [-0.4, -0.2) is 37.4 Å². The van der Waals surface area contributed by atoms with Gasteiger partial charge in [-0.3, -0.25) is 4.79 Å². The van der Waals surface area contributed by atoms with Gasteiger partial charge in [0.25, 0.3) is 5.91 Å². The molecule has 0 aliphatic heterocycles. The smallest absolute Gasteiger partial charge is 0.251 e. The van der Waals surface area contributed by atoms with Crippen molar-refractivity contribution < 1.29 is 19.0 Å². The number of carbonyl (C=O) groups excluding carboxylic acids is 1. The van der Waals surface area contributed by atoms with E-state index < -0.39 is 0 Å². The molecule has 4 nitrogen and oxygen atoms in total. The number of hydrogen-bond donors (Lipinski definition) is 2. The first-order valence-corrected chi connectivity index (χ1v) is 5.75. The Kier molecular flexibility index (Phi) is 5.74. The number of methoxy groups -OCH3 is 1. The summed E-state index contributed by atoms with van der Waals surface area (Å²) in [5.41, 5.74) is 0.975. The first kappa shape index (κ1) is 14.6. The van der Waals surface area contributed by atoms with Crippen LogP contribution in [0.1, 0.15) is 22.3 Å². The van der Waals surface area contributed by atoms with Gasteiger partial charge in [0.2, 0.25) is 0 Å². The molecule has 0 unspecified atom stereocenters. The largest absolute Gasteiger partial charge is 0.394 e. The molecular weight excluding hydrogens is 237 g/mol. The summed E-state index contributed by atoms with van der Waals surface area (Å²) in [5, 5.41) is 11.8. The molecule has 1 rings (SSSR count). The number of rotatable bonds is 6. The molecule has 0 bridgehead atoms. The zero-order chi connectivity index (χ0) is 13.5. The van der Waals surface area contributed by atoms with Crippen molar-refractivity contribution in [3.05, 3.63) is 35.1 Å². The summed E-state index contributed by atoms with van der Waals surface area (Å²) in [6.07, 6.45) is 0.527. The lowest BCUT2D eigenvalue weighted by molar-refractivity contribution is 0.0894. The van der Waals surface area contributed by atoms with E-state index in [0.29, 0.717) is 24.2 Å². The van der Waals surface area contributed by atoms with Gasteiger partial charge in [-0.25, -0.2) is 4.39 Å². The van der Waals surface area contributed by atoms with Gasteiger partial charge in [-0.15, -0.1) is 0 Å². The molecule has 0 aliphatic carbocycles. The fraction of sp³-hybridized carbons (Fsp3) is 0.462. The molecule has 0 radical (unpaired) electrons. The number of ether oxygens (including phenoxy) is 1. The average molecular weight is 255 g/mol. The molecule has 0 aromatic heterocycles. The highest BCUT2D eigenvalue weighted by Gasteiger charge is 2.14. The maximum atomic E-state index is 12.9. The van der Waals surface area contributed by atoms with Gasteiger partial charge < -0.3 is 15.2 Å². The van der Waals surface area contributed by atoms with Crippen molar-refractivity contribution in [3.8, 4) is 0 Å². The Hall–Kier alpha value is -1.46. The summed E-state index contributed by atoms with van der Waals surface area (Å²) >= 11 is 0. The summed E-state index contributed by atoms with van der Waals surface area (Å²) in [6, 6.07) is 3.62. The fourth-order valence-corrected chi connectivity index (χ4v) is 1.61. The first-order valence-electron chi connectivity index (χ1n) is 5.75. The van der Waals surface area contributed by atoms with Gasteiger partial charge in [0.05, 0.1) is 12.6 Å². The fourth-order valence-electron chi connectivity index (χ4n) is 1.61. The van der Waals surface area contributed by atoms with E-state index in [1.54, 1.807) is 14.0 Å². The maximum absolute atomic E-state index is 12.9. The van der Waals surface area contributed by atoms with Gasteiger partial charge >= 0.3 is 0 Å².